The van der Waals surface area contributed by atoms with Crippen LogP contribution in [-0.4, -0.2) is 109 Å². The molecule has 2 aromatic carbocycles. The van der Waals surface area contributed by atoms with Crippen molar-refractivity contribution in [2.24, 2.45) is 0 Å². The summed E-state index contributed by atoms with van der Waals surface area (Å²) in [5.41, 5.74) is -0.337. The zero-order valence-corrected chi connectivity index (χ0v) is 21.8. The van der Waals surface area contributed by atoms with Crippen LogP contribution in [0, 0.1) is 5.82 Å². The zero-order chi connectivity index (χ0) is 26.9. The van der Waals surface area contributed by atoms with Crippen LogP contribution < -0.4 is 4.74 Å². The standard InChI is InChI=1S/C28H33FN4O5/c1-30-13-15-32(16-14-30)27(36)24-19-38-28(33(24)26(35)21-6-4-8-23(18-21)37-2)9-11-31(12-10-28)25(34)20-5-3-7-22(29)17-20/h3-8,17-18,24H,9-16,19H2,1-2H3. The van der Waals surface area contributed by atoms with Crippen LogP contribution in [0.4, 0.5) is 4.39 Å². The molecule has 1 spiro atoms. The van der Waals surface area contributed by atoms with Gasteiger partial charge in [0.25, 0.3) is 11.8 Å². The van der Waals surface area contributed by atoms with Crippen LogP contribution in [0.1, 0.15) is 33.6 Å². The van der Waals surface area contributed by atoms with Gasteiger partial charge in [-0.15, -0.1) is 0 Å². The Morgan fingerprint density at radius 3 is 2.21 bits per heavy atom. The number of likely N-dealkylation sites (N-methyl/N-ethyl adjacent to an activating group) is 1. The maximum Gasteiger partial charge on any atom is 0.257 e. The minimum absolute atomic E-state index is 0.0960. The van der Waals surface area contributed by atoms with Gasteiger partial charge in [0.1, 0.15) is 23.3 Å². The summed E-state index contributed by atoms with van der Waals surface area (Å²) >= 11 is 0. The number of piperazine rings is 1. The van der Waals surface area contributed by atoms with Crippen LogP contribution in [-0.2, 0) is 9.53 Å². The molecule has 0 bridgehead atoms. The number of carbonyl (C=O) groups excluding carboxylic acids is 3. The Morgan fingerprint density at radius 2 is 1.55 bits per heavy atom. The first-order valence-electron chi connectivity index (χ1n) is 13.0. The lowest BCUT2D eigenvalue weighted by molar-refractivity contribution is -0.139. The Balaban J connectivity index is 1.40. The van der Waals surface area contributed by atoms with Crippen molar-refractivity contribution in [1.82, 2.24) is 19.6 Å². The van der Waals surface area contributed by atoms with Crippen LogP contribution in [0.2, 0.25) is 0 Å². The number of carbonyl (C=O) groups is 3. The van der Waals surface area contributed by atoms with E-state index in [-0.39, 0.29) is 29.9 Å². The number of ether oxygens (including phenoxy) is 2. The zero-order valence-electron chi connectivity index (χ0n) is 21.8. The summed E-state index contributed by atoms with van der Waals surface area (Å²) in [6.07, 6.45) is 0.687. The molecule has 3 saturated heterocycles. The molecule has 2 aromatic rings. The van der Waals surface area contributed by atoms with Gasteiger partial charge in [0.05, 0.1) is 13.7 Å². The number of rotatable bonds is 4. The lowest BCUT2D eigenvalue weighted by Gasteiger charge is -2.45. The summed E-state index contributed by atoms with van der Waals surface area (Å²) in [7, 11) is 3.56. The molecule has 5 rings (SSSR count). The lowest BCUT2D eigenvalue weighted by atomic mass is 9.96. The number of benzene rings is 2. The highest BCUT2D eigenvalue weighted by Gasteiger charge is 2.55. The maximum absolute atomic E-state index is 14.0. The molecular weight excluding hydrogens is 491 g/mol. The van der Waals surface area contributed by atoms with Crippen molar-refractivity contribution in [1.29, 1.82) is 0 Å². The van der Waals surface area contributed by atoms with Gasteiger partial charge in [0.2, 0.25) is 5.91 Å². The monoisotopic (exact) mass is 524 g/mol. The summed E-state index contributed by atoms with van der Waals surface area (Å²) in [6.45, 7) is 3.45. The van der Waals surface area contributed by atoms with Crippen molar-refractivity contribution >= 4 is 17.7 Å². The molecule has 38 heavy (non-hydrogen) atoms. The third kappa shape index (κ3) is 4.98. The van der Waals surface area contributed by atoms with Crippen LogP contribution in [0.15, 0.2) is 48.5 Å². The van der Waals surface area contributed by atoms with E-state index in [9.17, 15) is 18.8 Å². The van der Waals surface area contributed by atoms with Crippen molar-refractivity contribution < 1.29 is 28.2 Å². The van der Waals surface area contributed by atoms with Gasteiger partial charge in [-0.25, -0.2) is 4.39 Å². The lowest BCUT2D eigenvalue weighted by Crippen LogP contribution is -2.61. The number of hydrogen-bond acceptors (Lipinski definition) is 6. The Labute approximate surface area is 221 Å². The average Bonchev–Trinajstić information content (AvgIpc) is 3.31. The summed E-state index contributed by atoms with van der Waals surface area (Å²) in [5, 5.41) is 0. The van der Waals surface area contributed by atoms with Gasteiger partial charge in [-0.05, 0) is 43.4 Å². The molecule has 0 radical (unpaired) electrons. The minimum atomic E-state index is -1.02. The van der Waals surface area contributed by atoms with Gasteiger partial charge in [-0.1, -0.05) is 12.1 Å². The summed E-state index contributed by atoms with van der Waals surface area (Å²) < 4.78 is 25.3. The molecule has 1 unspecified atom stereocenters. The summed E-state index contributed by atoms with van der Waals surface area (Å²) in [5.74, 6) is -0.623. The van der Waals surface area contributed by atoms with Crippen molar-refractivity contribution in [3.8, 4) is 5.75 Å². The average molecular weight is 525 g/mol. The highest BCUT2D eigenvalue weighted by Crippen LogP contribution is 2.39. The fourth-order valence-electron chi connectivity index (χ4n) is 5.55. The largest absolute Gasteiger partial charge is 0.497 e. The fraction of sp³-hybridized carbons (Fsp3) is 0.464. The molecule has 9 nitrogen and oxygen atoms in total. The second kappa shape index (κ2) is 10.7. The fourth-order valence-corrected chi connectivity index (χ4v) is 5.55. The highest BCUT2D eigenvalue weighted by atomic mass is 19.1. The molecule has 3 aliphatic heterocycles. The number of methoxy groups -OCH3 is 1. The first-order chi connectivity index (χ1) is 18.3. The SMILES string of the molecule is COc1cccc(C(=O)N2C(C(=O)N3CCN(C)CC3)COC23CCN(C(=O)c2cccc(F)c2)CC3)c1. The van der Waals surface area contributed by atoms with Crippen LogP contribution in [0.5, 0.6) is 5.75 Å². The smallest absolute Gasteiger partial charge is 0.257 e. The van der Waals surface area contributed by atoms with E-state index in [2.05, 4.69) is 4.90 Å². The van der Waals surface area contributed by atoms with Crippen molar-refractivity contribution in [2.45, 2.75) is 24.6 Å². The third-order valence-electron chi connectivity index (χ3n) is 7.80. The number of amides is 3. The third-order valence-corrected chi connectivity index (χ3v) is 7.80. The van der Waals surface area contributed by atoms with Crippen molar-refractivity contribution in [3.05, 3.63) is 65.5 Å². The molecule has 3 aliphatic rings. The normalized spacial score (nSPS) is 21.6. The second-order valence-corrected chi connectivity index (χ2v) is 10.1. The van der Waals surface area contributed by atoms with Gasteiger partial charge in [-0.2, -0.15) is 0 Å². The number of nitrogens with zero attached hydrogens (tertiary/aromatic N) is 4. The number of halogens is 1. The topological polar surface area (TPSA) is 82.6 Å². The van der Waals surface area contributed by atoms with Crippen LogP contribution in [0.25, 0.3) is 0 Å². The Morgan fingerprint density at radius 1 is 0.895 bits per heavy atom. The van der Waals surface area contributed by atoms with E-state index < -0.39 is 17.6 Å². The highest BCUT2D eigenvalue weighted by molar-refractivity contribution is 5.99. The number of likely N-dealkylation sites (tertiary alicyclic amines) is 1. The molecule has 0 saturated carbocycles. The Kier molecular flexibility index (Phi) is 7.36. The second-order valence-electron chi connectivity index (χ2n) is 10.1. The van der Waals surface area contributed by atoms with Crippen LogP contribution >= 0.6 is 0 Å². The molecule has 0 N–H and O–H groups in total. The number of piperidine rings is 1. The van der Waals surface area contributed by atoms with E-state index in [1.54, 1.807) is 40.1 Å². The molecule has 3 heterocycles. The summed E-state index contributed by atoms with van der Waals surface area (Å²) in [6, 6.07) is 11.7. The number of hydrogen-bond donors (Lipinski definition) is 0. The van der Waals surface area contributed by atoms with Gasteiger partial charge in [0, 0.05) is 63.2 Å². The van der Waals surface area contributed by atoms with Gasteiger partial charge < -0.3 is 24.2 Å². The molecule has 3 amide bonds. The molecule has 0 aromatic heterocycles. The Bertz CT molecular complexity index is 1210. The molecule has 1 atom stereocenters. The molecule has 0 aliphatic carbocycles. The molecular formula is C28H33FN4O5. The summed E-state index contributed by atoms with van der Waals surface area (Å²) in [4.78, 5) is 48.0. The first-order valence-corrected chi connectivity index (χ1v) is 13.0. The molecule has 202 valence electrons. The van der Waals surface area contributed by atoms with Crippen molar-refractivity contribution in [3.63, 3.8) is 0 Å². The van der Waals surface area contributed by atoms with E-state index in [0.29, 0.717) is 50.3 Å². The van der Waals surface area contributed by atoms with E-state index in [0.717, 1.165) is 13.1 Å². The predicted molar refractivity (Wildman–Crippen MR) is 137 cm³/mol. The van der Waals surface area contributed by atoms with E-state index in [1.807, 2.05) is 11.9 Å². The van der Waals surface area contributed by atoms with E-state index in [4.69, 9.17) is 9.47 Å². The van der Waals surface area contributed by atoms with Crippen LogP contribution in [0.3, 0.4) is 0 Å². The first kappa shape index (κ1) is 26.1. The minimum Gasteiger partial charge on any atom is -0.497 e. The van der Waals surface area contributed by atoms with Gasteiger partial charge >= 0.3 is 0 Å². The van der Waals surface area contributed by atoms with Crippen molar-refractivity contribution in [2.75, 3.05) is 60.0 Å². The molecule has 3 fully saturated rings. The quantitative estimate of drug-likeness (QED) is 0.609. The Hall–Kier alpha value is -3.50. The van der Waals surface area contributed by atoms with Gasteiger partial charge in [0.15, 0.2) is 0 Å². The van der Waals surface area contributed by atoms with E-state index >= 15 is 0 Å². The molecule has 10 heteroatoms. The van der Waals surface area contributed by atoms with E-state index in [1.165, 1.54) is 25.3 Å². The van der Waals surface area contributed by atoms with Gasteiger partial charge in [-0.3, -0.25) is 19.3 Å². The predicted octanol–water partition coefficient (Wildman–Crippen LogP) is 2.08. The maximum atomic E-state index is 14.0.